The fourth-order valence-electron chi connectivity index (χ4n) is 2.04. The maximum absolute atomic E-state index is 11.0. The van der Waals surface area contributed by atoms with Crippen LogP contribution in [0.1, 0.15) is 34.2 Å². The molecule has 3 nitrogen and oxygen atoms in total. The van der Waals surface area contributed by atoms with Crippen LogP contribution in [0.5, 0.6) is 0 Å². The van der Waals surface area contributed by atoms with E-state index in [4.69, 9.17) is 5.11 Å². The van der Waals surface area contributed by atoms with Crippen molar-refractivity contribution in [1.82, 2.24) is 5.32 Å². The Morgan fingerprint density at radius 2 is 2.27 bits per heavy atom. The smallest absolute Gasteiger partial charge is 0.326 e. The van der Waals surface area contributed by atoms with Crippen molar-refractivity contribution in [2.75, 3.05) is 7.05 Å². The molecule has 1 aliphatic rings. The standard InChI is InChI=1S/C11H15NO2S/c1-12-10(11(13)14)9-6-7-4-2-3-5-8(7)15-9/h6,10,12H,2-5H2,1H3,(H,13,14). The summed E-state index contributed by atoms with van der Waals surface area (Å²) in [5.41, 5.74) is 1.36. The molecular formula is C11H15NO2S. The van der Waals surface area contributed by atoms with E-state index in [1.807, 2.05) is 0 Å². The number of aliphatic carboxylic acids is 1. The summed E-state index contributed by atoms with van der Waals surface area (Å²) < 4.78 is 0. The zero-order valence-corrected chi connectivity index (χ0v) is 9.56. The molecule has 1 aliphatic carbocycles. The van der Waals surface area contributed by atoms with E-state index >= 15 is 0 Å². The summed E-state index contributed by atoms with van der Waals surface area (Å²) in [6.07, 6.45) is 4.71. The van der Waals surface area contributed by atoms with Gasteiger partial charge in [0, 0.05) is 9.75 Å². The molecule has 1 heterocycles. The third-order valence-electron chi connectivity index (χ3n) is 2.84. The Hall–Kier alpha value is -0.870. The quantitative estimate of drug-likeness (QED) is 0.827. The van der Waals surface area contributed by atoms with Crippen LogP contribution in [0, 0.1) is 0 Å². The second-order valence-corrected chi connectivity index (χ2v) is 5.03. The number of hydrogen-bond donors (Lipinski definition) is 2. The number of nitrogens with one attached hydrogen (secondary N) is 1. The van der Waals surface area contributed by atoms with Gasteiger partial charge in [0.15, 0.2) is 0 Å². The molecule has 0 saturated carbocycles. The first kappa shape index (κ1) is 10.6. The Kier molecular flexibility index (Phi) is 3.07. The molecule has 0 aliphatic heterocycles. The fourth-order valence-corrected chi connectivity index (χ4v) is 3.40. The van der Waals surface area contributed by atoms with Crippen molar-refractivity contribution in [2.45, 2.75) is 31.7 Å². The number of fused-ring (bicyclic) bond motifs is 1. The molecule has 1 aromatic rings. The van der Waals surface area contributed by atoms with Crippen LogP contribution in [0.4, 0.5) is 0 Å². The molecule has 1 atom stereocenters. The van der Waals surface area contributed by atoms with Gasteiger partial charge in [0.05, 0.1) is 0 Å². The molecule has 1 unspecified atom stereocenters. The van der Waals surface area contributed by atoms with Gasteiger partial charge in [-0.1, -0.05) is 0 Å². The number of aryl methyl sites for hydroxylation is 2. The molecule has 0 bridgehead atoms. The summed E-state index contributed by atoms with van der Waals surface area (Å²) in [5, 5.41) is 11.9. The van der Waals surface area contributed by atoms with Gasteiger partial charge in [0.2, 0.25) is 0 Å². The predicted molar refractivity (Wildman–Crippen MR) is 60.4 cm³/mol. The highest BCUT2D eigenvalue weighted by Gasteiger charge is 2.22. The summed E-state index contributed by atoms with van der Waals surface area (Å²) in [7, 11) is 1.69. The first-order valence-corrected chi connectivity index (χ1v) is 6.05. The summed E-state index contributed by atoms with van der Waals surface area (Å²) in [6, 6.07) is 1.52. The van der Waals surface area contributed by atoms with E-state index in [0.29, 0.717) is 0 Å². The molecule has 0 aromatic carbocycles. The Morgan fingerprint density at radius 1 is 1.53 bits per heavy atom. The van der Waals surface area contributed by atoms with Gasteiger partial charge in [-0.05, 0) is 44.4 Å². The van der Waals surface area contributed by atoms with Crippen molar-refractivity contribution >= 4 is 17.3 Å². The van der Waals surface area contributed by atoms with Gasteiger partial charge in [-0.3, -0.25) is 4.79 Å². The van der Waals surface area contributed by atoms with Crippen LogP contribution in [0.15, 0.2) is 6.07 Å². The van der Waals surface area contributed by atoms with E-state index in [-0.39, 0.29) is 0 Å². The van der Waals surface area contributed by atoms with E-state index in [1.165, 1.54) is 23.3 Å². The molecule has 1 aromatic heterocycles. The maximum atomic E-state index is 11.0. The van der Waals surface area contributed by atoms with Crippen molar-refractivity contribution in [3.05, 3.63) is 21.4 Å². The molecule has 0 saturated heterocycles. The molecule has 82 valence electrons. The molecule has 4 heteroatoms. The van der Waals surface area contributed by atoms with Crippen LogP contribution in [0.3, 0.4) is 0 Å². The van der Waals surface area contributed by atoms with Crippen LogP contribution >= 0.6 is 11.3 Å². The fraction of sp³-hybridized carbons (Fsp3) is 0.545. The lowest BCUT2D eigenvalue weighted by atomic mass is 9.99. The van der Waals surface area contributed by atoms with E-state index in [1.54, 1.807) is 18.4 Å². The Bertz CT molecular complexity index is 349. The molecular weight excluding hydrogens is 210 g/mol. The normalized spacial score (nSPS) is 17.1. The number of rotatable bonds is 3. The van der Waals surface area contributed by atoms with Gasteiger partial charge in [0.25, 0.3) is 0 Å². The third-order valence-corrected chi connectivity index (χ3v) is 4.14. The van der Waals surface area contributed by atoms with Gasteiger partial charge >= 0.3 is 5.97 Å². The largest absolute Gasteiger partial charge is 0.480 e. The average molecular weight is 225 g/mol. The summed E-state index contributed by atoms with van der Waals surface area (Å²) in [4.78, 5) is 13.3. The third kappa shape index (κ3) is 2.06. The summed E-state index contributed by atoms with van der Waals surface area (Å²) >= 11 is 1.65. The number of carboxylic acid groups (broad SMARTS) is 1. The Labute approximate surface area is 93.1 Å². The van der Waals surface area contributed by atoms with Crippen LogP contribution in [0.2, 0.25) is 0 Å². The van der Waals surface area contributed by atoms with Gasteiger partial charge < -0.3 is 10.4 Å². The molecule has 15 heavy (non-hydrogen) atoms. The molecule has 0 spiro atoms. The zero-order chi connectivity index (χ0) is 10.8. The lowest BCUT2D eigenvalue weighted by Gasteiger charge is -2.08. The number of thiophene rings is 1. The lowest BCUT2D eigenvalue weighted by molar-refractivity contribution is -0.139. The van der Waals surface area contributed by atoms with E-state index in [2.05, 4.69) is 11.4 Å². The SMILES string of the molecule is CNC(C(=O)O)c1cc2c(s1)CCCC2. The lowest BCUT2D eigenvalue weighted by Crippen LogP contribution is -2.23. The zero-order valence-electron chi connectivity index (χ0n) is 8.75. The van der Waals surface area contributed by atoms with Gasteiger partial charge in [-0.25, -0.2) is 0 Å². The van der Waals surface area contributed by atoms with E-state index in [0.717, 1.165) is 17.7 Å². The van der Waals surface area contributed by atoms with Crippen molar-refractivity contribution in [3.63, 3.8) is 0 Å². The maximum Gasteiger partial charge on any atom is 0.326 e. The van der Waals surface area contributed by atoms with Gasteiger partial charge in [-0.2, -0.15) is 0 Å². The van der Waals surface area contributed by atoms with Crippen LogP contribution in [-0.2, 0) is 17.6 Å². The molecule has 0 radical (unpaired) electrons. The second-order valence-electron chi connectivity index (χ2n) is 3.86. The number of carboxylic acids is 1. The second kappa shape index (κ2) is 4.33. The monoisotopic (exact) mass is 225 g/mol. The van der Waals surface area contributed by atoms with Crippen molar-refractivity contribution in [3.8, 4) is 0 Å². The van der Waals surface area contributed by atoms with E-state index in [9.17, 15) is 4.79 Å². The Morgan fingerprint density at radius 3 is 2.87 bits per heavy atom. The van der Waals surface area contributed by atoms with E-state index < -0.39 is 12.0 Å². The van der Waals surface area contributed by atoms with Crippen molar-refractivity contribution < 1.29 is 9.90 Å². The highest BCUT2D eigenvalue weighted by Crippen LogP contribution is 2.32. The minimum atomic E-state index is -0.795. The molecule has 2 rings (SSSR count). The molecule has 0 amide bonds. The van der Waals surface area contributed by atoms with Gasteiger partial charge in [-0.15, -0.1) is 11.3 Å². The van der Waals surface area contributed by atoms with Crippen LogP contribution in [-0.4, -0.2) is 18.1 Å². The minimum absolute atomic E-state index is 0.541. The highest BCUT2D eigenvalue weighted by atomic mass is 32.1. The van der Waals surface area contributed by atoms with Crippen molar-refractivity contribution in [1.29, 1.82) is 0 Å². The number of hydrogen-bond acceptors (Lipinski definition) is 3. The summed E-state index contributed by atoms with van der Waals surface area (Å²) in [6.45, 7) is 0. The number of carbonyl (C=O) groups is 1. The first-order chi connectivity index (χ1) is 7.22. The van der Waals surface area contributed by atoms with Crippen LogP contribution in [0.25, 0.3) is 0 Å². The first-order valence-electron chi connectivity index (χ1n) is 5.24. The van der Waals surface area contributed by atoms with Crippen LogP contribution < -0.4 is 5.32 Å². The molecule has 2 N–H and O–H groups in total. The predicted octanol–water partition coefficient (Wildman–Crippen LogP) is 1.97. The van der Waals surface area contributed by atoms with Crippen molar-refractivity contribution in [2.24, 2.45) is 0 Å². The Balaban J connectivity index is 2.28. The highest BCUT2D eigenvalue weighted by molar-refractivity contribution is 7.12. The average Bonchev–Trinajstić information content (AvgIpc) is 2.61. The molecule has 0 fully saturated rings. The minimum Gasteiger partial charge on any atom is -0.480 e. The topological polar surface area (TPSA) is 49.3 Å². The van der Waals surface area contributed by atoms with Gasteiger partial charge in [0.1, 0.15) is 6.04 Å². The summed E-state index contributed by atoms with van der Waals surface area (Å²) in [5.74, 6) is -0.795. The number of likely N-dealkylation sites (N-methyl/N-ethyl adjacent to an activating group) is 1.